The summed E-state index contributed by atoms with van der Waals surface area (Å²) in [5, 5.41) is 10.5. The monoisotopic (exact) mass is 467 g/mol. The average Bonchev–Trinajstić information content (AvgIpc) is 3.46. The summed E-state index contributed by atoms with van der Waals surface area (Å²) in [5.74, 6) is 2.68. The highest BCUT2D eigenvalue weighted by Gasteiger charge is 2.23. The second-order valence-corrected chi connectivity index (χ2v) is 8.80. The Labute approximate surface area is 195 Å². The standard InChI is InChI=1S/C23H22ClN5O2S/c1-16-5-2-3-8-19(16)29-22(28-9-11-30-12-10-28)26-27-23(29)32-15-21-25-14-20(31-21)17-6-4-7-18(24)13-17/h2-8,13-14H,9-12,15H2,1H3. The lowest BCUT2D eigenvalue weighted by molar-refractivity contribution is 0.122. The van der Waals surface area contributed by atoms with Crippen LogP contribution in [-0.4, -0.2) is 46.1 Å². The van der Waals surface area contributed by atoms with Crippen LogP contribution in [-0.2, 0) is 10.5 Å². The first-order valence-electron chi connectivity index (χ1n) is 10.4. The van der Waals surface area contributed by atoms with E-state index in [2.05, 4.69) is 43.7 Å². The zero-order valence-electron chi connectivity index (χ0n) is 17.6. The third-order valence-electron chi connectivity index (χ3n) is 5.25. The summed E-state index contributed by atoms with van der Waals surface area (Å²) in [6, 6.07) is 15.8. The molecule has 0 saturated carbocycles. The topological polar surface area (TPSA) is 69.2 Å². The number of nitrogens with zero attached hydrogens (tertiary/aromatic N) is 5. The minimum absolute atomic E-state index is 0.535. The van der Waals surface area contributed by atoms with E-state index in [-0.39, 0.29) is 0 Å². The quantitative estimate of drug-likeness (QED) is 0.369. The largest absolute Gasteiger partial charge is 0.440 e. The summed E-state index contributed by atoms with van der Waals surface area (Å²) in [5.41, 5.74) is 3.12. The number of ether oxygens (including phenoxy) is 1. The third-order valence-corrected chi connectivity index (χ3v) is 6.40. The van der Waals surface area contributed by atoms with Crippen molar-refractivity contribution in [2.24, 2.45) is 0 Å². The number of hydrogen-bond donors (Lipinski definition) is 0. The second-order valence-electron chi connectivity index (χ2n) is 7.42. The van der Waals surface area contributed by atoms with Crippen molar-refractivity contribution in [2.75, 3.05) is 31.2 Å². The van der Waals surface area contributed by atoms with Gasteiger partial charge in [-0.3, -0.25) is 4.57 Å². The van der Waals surface area contributed by atoms with E-state index in [4.69, 9.17) is 20.8 Å². The van der Waals surface area contributed by atoms with Crippen LogP contribution in [0.5, 0.6) is 0 Å². The molecule has 0 amide bonds. The van der Waals surface area contributed by atoms with Crippen molar-refractivity contribution in [3.8, 4) is 17.0 Å². The van der Waals surface area contributed by atoms with Gasteiger partial charge in [-0.05, 0) is 30.7 Å². The first kappa shape index (κ1) is 21.1. The number of benzene rings is 2. The van der Waals surface area contributed by atoms with Crippen LogP contribution < -0.4 is 4.90 Å². The summed E-state index contributed by atoms with van der Waals surface area (Å²) in [6.07, 6.45) is 1.73. The van der Waals surface area contributed by atoms with Crippen LogP contribution in [0.25, 0.3) is 17.0 Å². The van der Waals surface area contributed by atoms with E-state index in [0.717, 1.165) is 41.0 Å². The van der Waals surface area contributed by atoms with E-state index in [1.807, 2.05) is 36.4 Å². The molecule has 0 N–H and O–H groups in total. The zero-order valence-corrected chi connectivity index (χ0v) is 19.1. The summed E-state index contributed by atoms with van der Waals surface area (Å²) < 4.78 is 13.6. The number of rotatable bonds is 6. The molecule has 0 unspecified atom stereocenters. The fourth-order valence-corrected chi connectivity index (χ4v) is 4.61. The van der Waals surface area contributed by atoms with E-state index in [1.165, 1.54) is 0 Å². The van der Waals surface area contributed by atoms with Crippen molar-refractivity contribution < 1.29 is 9.15 Å². The molecule has 1 aliphatic heterocycles. The maximum Gasteiger partial charge on any atom is 0.232 e. The second kappa shape index (κ2) is 9.36. The average molecular weight is 468 g/mol. The lowest BCUT2D eigenvalue weighted by Gasteiger charge is -2.28. The highest BCUT2D eigenvalue weighted by molar-refractivity contribution is 7.98. The van der Waals surface area contributed by atoms with Gasteiger partial charge in [0, 0.05) is 23.7 Å². The number of aromatic nitrogens is 4. The molecule has 2 aromatic carbocycles. The molecule has 0 radical (unpaired) electrons. The van der Waals surface area contributed by atoms with E-state index in [0.29, 0.717) is 35.6 Å². The van der Waals surface area contributed by atoms with Crippen molar-refractivity contribution in [1.82, 2.24) is 19.7 Å². The molecule has 1 fully saturated rings. The molecule has 0 bridgehead atoms. The van der Waals surface area contributed by atoms with Gasteiger partial charge >= 0.3 is 0 Å². The molecule has 5 rings (SSSR count). The van der Waals surface area contributed by atoms with Crippen LogP contribution in [0.1, 0.15) is 11.5 Å². The van der Waals surface area contributed by atoms with Gasteiger partial charge in [0.2, 0.25) is 11.8 Å². The number of anilines is 1. The van der Waals surface area contributed by atoms with Crippen LogP contribution in [0.3, 0.4) is 0 Å². The van der Waals surface area contributed by atoms with Crippen LogP contribution in [0.2, 0.25) is 5.02 Å². The predicted molar refractivity (Wildman–Crippen MR) is 126 cm³/mol. The summed E-state index contributed by atoms with van der Waals surface area (Å²) in [6.45, 7) is 5.05. The van der Waals surface area contributed by atoms with E-state index in [9.17, 15) is 0 Å². The Morgan fingerprint density at radius 3 is 2.72 bits per heavy atom. The van der Waals surface area contributed by atoms with Gasteiger partial charge in [0.1, 0.15) is 0 Å². The molecule has 0 atom stereocenters. The molecule has 164 valence electrons. The Kier molecular flexibility index (Phi) is 6.16. The van der Waals surface area contributed by atoms with Gasteiger partial charge in [0.05, 0.1) is 30.9 Å². The Bertz CT molecular complexity index is 1220. The molecule has 3 heterocycles. The smallest absolute Gasteiger partial charge is 0.232 e. The highest BCUT2D eigenvalue weighted by Crippen LogP contribution is 2.31. The fraction of sp³-hybridized carbons (Fsp3) is 0.261. The van der Waals surface area contributed by atoms with Crippen LogP contribution in [0.15, 0.2) is 64.3 Å². The van der Waals surface area contributed by atoms with E-state index in [1.54, 1.807) is 18.0 Å². The normalized spacial score (nSPS) is 14.1. The van der Waals surface area contributed by atoms with Gasteiger partial charge in [-0.15, -0.1) is 10.2 Å². The lowest BCUT2D eigenvalue weighted by Crippen LogP contribution is -2.38. The summed E-state index contributed by atoms with van der Waals surface area (Å²) in [7, 11) is 0. The van der Waals surface area contributed by atoms with Crippen molar-refractivity contribution in [3.63, 3.8) is 0 Å². The maximum absolute atomic E-state index is 6.10. The van der Waals surface area contributed by atoms with E-state index >= 15 is 0 Å². The molecule has 7 nitrogen and oxygen atoms in total. The Morgan fingerprint density at radius 1 is 1.06 bits per heavy atom. The van der Waals surface area contributed by atoms with Crippen molar-refractivity contribution in [1.29, 1.82) is 0 Å². The number of para-hydroxylation sites is 1. The van der Waals surface area contributed by atoms with Gasteiger partial charge in [0.25, 0.3) is 0 Å². The minimum atomic E-state index is 0.535. The third kappa shape index (κ3) is 4.39. The molecular weight excluding hydrogens is 446 g/mol. The first-order chi connectivity index (χ1) is 15.7. The van der Waals surface area contributed by atoms with Gasteiger partial charge in [0.15, 0.2) is 10.9 Å². The lowest BCUT2D eigenvalue weighted by atomic mass is 10.2. The SMILES string of the molecule is Cc1ccccc1-n1c(SCc2ncc(-c3cccc(Cl)c3)o2)nnc1N1CCOCC1. The van der Waals surface area contributed by atoms with Crippen molar-refractivity contribution in [2.45, 2.75) is 17.8 Å². The van der Waals surface area contributed by atoms with Gasteiger partial charge in [-0.2, -0.15) is 0 Å². The number of morpholine rings is 1. The van der Waals surface area contributed by atoms with Gasteiger partial charge in [-0.25, -0.2) is 4.98 Å². The van der Waals surface area contributed by atoms with Crippen molar-refractivity contribution in [3.05, 3.63) is 71.2 Å². The van der Waals surface area contributed by atoms with Crippen LogP contribution in [0, 0.1) is 6.92 Å². The molecule has 0 spiro atoms. The number of thioether (sulfide) groups is 1. The molecular formula is C23H22ClN5O2S. The number of halogens is 1. The fourth-order valence-electron chi connectivity index (χ4n) is 3.63. The highest BCUT2D eigenvalue weighted by atomic mass is 35.5. The first-order valence-corrected chi connectivity index (χ1v) is 11.7. The Morgan fingerprint density at radius 2 is 1.91 bits per heavy atom. The number of hydrogen-bond acceptors (Lipinski definition) is 7. The molecule has 4 aromatic rings. The number of aryl methyl sites for hydroxylation is 1. The molecule has 1 aliphatic rings. The minimum Gasteiger partial charge on any atom is -0.440 e. The van der Waals surface area contributed by atoms with Crippen molar-refractivity contribution >= 4 is 29.3 Å². The molecule has 32 heavy (non-hydrogen) atoms. The Hall–Kier alpha value is -2.81. The molecule has 9 heteroatoms. The van der Waals surface area contributed by atoms with Crippen LogP contribution in [0.4, 0.5) is 5.95 Å². The van der Waals surface area contributed by atoms with E-state index < -0.39 is 0 Å². The molecule has 0 aliphatic carbocycles. The number of oxazole rings is 1. The molecule has 1 saturated heterocycles. The predicted octanol–water partition coefficient (Wildman–Crippen LogP) is 5.01. The Balaban J connectivity index is 1.42. The summed E-state index contributed by atoms with van der Waals surface area (Å²) >= 11 is 7.65. The van der Waals surface area contributed by atoms with Gasteiger partial charge < -0.3 is 14.1 Å². The molecule has 2 aromatic heterocycles. The summed E-state index contributed by atoms with van der Waals surface area (Å²) in [4.78, 5) is 6.66. The van der Waals surface area contributed by atoms with Gasteiger partial charge in [-0.1, -0.05) is 53.7 Å². The van der Waals surface area contributed by atoms with Crippen LogP contribution >= 0.6 is 23.4 Å². The zero-order chi connectivity index (χ0) is 21.9. The maximum atomic E-state index is 6.10.